The molecule has 0 bridgehead atoms. The van der Waals surface area contributed by atoms with E-state index in [0.29, 0.717) is 53.3 Å². The summed E-state index contributed by atoms with van der Waals surface area (Å²) in [5.74, 6) is 2.45. The van der Waals surface area contributed by atoms with E-state index in [2.05, 4.69) is 29.9 Å². The second kappa shape index (κ2) is 13.5. The minimum atomic E-state index is -3.46. The van der Waals surface area contributed by atoms with Crippen LogP contribution in [-0.4, -0.2) is 105 Å². The monoisotopic (exact) mass is 614 g/mol. The number of likely N-dealkylation sites (N-methyl/N-ethyl adjacent to an activating group) is 1. The summed E-state index contributed by atoms with van der Waals surface area (Å²) in [5.41, 5.74) is 1.04. The van der Waals surface area contributed by atoms with Gasteiger partial charge in [-0.05, 0) is 37.7 Å². The number of hydrogen-bond donors (Lipinski definition) is 2. The van der Waals surface area contributed by atoms with Crippen LogP contribution < -0.4 is 24.4 Å². The number of carbonyl (C=O) groups excluding carboxylic acids is 1. The van der Waals surface area contributed by atoms with Crippen molar-refractivity contribution in [2.75, 3.05) is 74.7 Å². The number of rotatable bonds is 11. The zero-order valence-corrected chi connectivity index (χ0v) is 25.5. The van der Waals surface area contributed by atoms with Gasteiger partial charge in [-0.25, -0.2) is 18.4 Å². The smallest absolute Gasteiger partial charge is 0.259 e. The number of anilines is 3. The van der Waals surface area contributed by atoms with Gasteiger partial charge in [0.1, 0.15) is 11.9 Å². The lowest BCUT2D eigenvalue weighted by atomic mass is 9.87. The molecule has 0 atom stereocenters. The van der Waals surface area contributed by atoms with Gasteiger partial charge in [0, 0.05) is 39.8 Å². The highest BCUT2D eigenvalue weighted by Gasteiger charge is 2.25. The number of morpholine rings is 1. The normalized spacial score (nSPS) is 19.1. The fraction of sp³-hybridized carbons (Fsp3) is 0.536. The number of sulfonamides is 1. The summed E-state index contributed by atoms with van der Waals surface area (Å²) in [6.07, 6.45) is 9.28. The van der Waals surface area contributed by atoms with Crippen LogP contribution in [0.5, 0.6) is 11.6 Å². The molecule has 5 rings (SSSR count). The van der Waals surface area contributed by atoms with Gasteiger partial charge in [-0.1, -0.05) is 0 Å². The molecule has 1 amide bonds. The molecule has 1 saturated heterocycles. The summed E-state index contributed by atoms with van der Waals surface area (Å²) < 4.78 is 43.6. The van der Waals surface area contributed by atoms with Crippen LogP contribution in [0.25, 0.3) is 10.9 Å². The summed E-state index contributed by atoms with van der Waals surface area (Å²) in [6.45, 7) is 3.36. The Bertz CT molecular complexity index is 1510. The third-order valence-corrected chi connectivity index (χ3v) is 7.99. The van der Waals surface area contributed by atoms with Gasteiger partial charge >= 0.3 is 0 Å². The van der Waals surface area contributed by atoms with E-state index in [1.807, 2.05) is 6.07 Å². The van der Waals surface area contributed by atoms with Crippen molar-refractivity contribution >= 4 is 44.3 Å². The van der Waals surface area contributed by atoms with E-state index in [9.17, 15) is 13.2 Å². The Balaban J connectivity index is 1.19. The number of hydrogen-bond acceptors (Lipinski definition) is 12. The first-order valence-electron chi connectivity index (χ1n) is 14.3. The number of amides is 1. The van der Waals surface area contributed by atoms with Crippen molar-refractivity contribution in [3.05, 3.63) is 30.7 Å². The second-order valence-corrected chi connectivity index (χ2v) is 12.8. The van der Waals surface area contributed by atoms with Crippen LogP contribution in [0.1, 0.15) is 25.7 Å². The molecular weight excluding hydrogens is 576 g/mol. The maximum absolute atomic E-state index is 11.8. The molecule has 3 aromatic rings. The number of aromatic nitrogens is 4. The van der Waals surface area contributed by atoms with Crippen molar-refractivity contribution in [3.63, 3.8) is 0 Å². The molecule has 0 unspecified atom stereocenters. The maximum Gasteiger partial charge on any atom is 0.259 e. The van der Waals surface area contributed by atoms with Gasteiger partial charge < -0.3 is 29.3 Å². The van der Waals surface area contributed by atoms with Crippen LogP contribution >= 0.6 is 0 Å². The van der Waals surface area contributed by atoms with Crippen molar-refractivity contribution in [2.24, 2.45) is 5.92 Å². The summed E-state index contributed by atoms with van der Waals surface area (Å²) >= 11 is 0. The van der Waals surface area contributed by atoms with Crippen LogP contribution in [0, 0.1) is 5.92 Å². The molecule has 2 N–H and O–H groups in total. The largest absolute Gasteiger partial charge is 0.481 e. The molecule has 2 aliphatic rings. The van der Waals surface area contributed by atoms with E-state index in [0.717, 1.165) is 57.4 Å². The molecule has 1 aliphatic heterocycles. The van der Waals surface area contributed by atoms with Crippen LogP contribution in [0.4, 0.5) is 17.5 Å². The van der Waals surface area contributed by atoms with E-state index in [1.165, 1.54) is 11.1 Å². The highest BCUT2D eigenvalue weighted by atomic mass is 32.2. The van der Waals surface area contributed by atoms with E-state index < -0.39 is 10.0 Å². The average molecular weight is 615 g/mol. The van der Waals surface area contributed by atoms with Gasteiger partial charge in [0.05, 0.1) is 54.7 Å². The molecule has 15 heteroatoms. The lowest BCUT2D eigenvalue weighted by Crippen LogP contribution is -2.36. The predicted molar refractivity (Wildman–Crippen MR) is 162 cm³/mol. The van der Waals surface area contributed by atoms with Crippen molar-refractivity contribution in [1.29, 1.82) is 0 Å². The number of fused-ring (bicyclic) bond motifs is 1. The molecule has 4 heterocycles. The molecule has 14 nitrogen and oxygen atoms in total. The van der Waals surface area contributed by atoms with Gasteiger partial charge in [0.15, 0.2) is 12.4 Å². The lowest BCUT2D eigenvalue weighted by Gasteiger charge is -2.30. The fourth-order valence-corrected chi connectivity index (χ4v) is 5.54. The number of nitrogens with one attached hydrogen (secondary N) is 2. The Morgan fingerprint density at radius 2 is 1.79 bits per heavy atom. The molecule has 0 aromatic carbocycles. The fourth-order valence-electron chi connectivity index (χ4n) is 5.00. The Hall–Kier alpha value is -3.98. The van der Waals surface area contributed by atoms with Crippen molar-refractivity contribution in [2.45, 2.75) is 31.8 Å². The van der Waals surface area contributed by atoms with E-state index in [4.69, 9.17) is 19.2 Å². The van der Waals surface area contributed by atoms with Crippen molar-refractivity contribution in [3.8, 4) is 11.6 Å². The van der Waals surface area contributed by atoms with E-state index in [-0.39, 0.29) is 18.6 Å². The topological polar surface area (TPSA) is 161 Å². The first-order chi connectivity index (χ1) is 20.6. The third-order valence-electron chi connectivity index (χ3n) is 7.38. The first-order valence-corrected chi connectivity index (χ1v) is 16.2. The van der Waals surface area contributed by atoms with Crippen molar-refractivity contribution < 1.29 is 27.4 Å². The van der Waals surface area contributed by atoms with Gasteiger partial charge in [-0.3, -0.25) is 14.5 Å². The SMILES string of the molecule is CN(C)C(=O)COc1cnc(NCC2CCC(Oc3nc(N4CCOCC4)cc4ncc(NS(C)(=O)=O)cc34)CC2)nc1. The minimum absolute atomic E-state index is 0.0315. The highest BCUT2D eigenvalue weighted by Crippen LogP contribution is 2.33. The number of carbonyl (C=O) groups is 1. The Labute approximate surface area is 251 Å². The van der Waals surface area contributed by atoms with Gasteiger partial charge in [-0.2, -0.15) is 4.98 Å². The Morgan fingerprint density at radius 3 is 2.47 bits per heavy atom. The summed E-state index contributed by atoms with van der Waals surface area (Å²) in [4.78, 5) is 33.3. The highest BCUT2D eigenvalue weighted by molar-refractivity contribution is 7.92. The second-order valence-electron chi connectivity index (χ2n) is 11.0. The molecule has 1 aliphatic carbocycles. The molecule has 2 fully saturated rings. The quantitative estimate of drug-likeness (QED) is 0.324. The summed E-state index contributed by atoms with van der Waals surface area (Å²) in [6, 6.07) is 3.63. The van der Waals surface area contributed by atoms with E-state index in [1.54, 1.807) is 32.6 Å². The van der Waals surface area contributed by atoms with Crippen molar-refractivity contribution in [1.82, 2.24) is 24.8 Å². The molecule has 3 aromatic heterocycles. The third kappa shape index (κ3) is 8.54. The molecule has 0 radical (unpaired) electrons. The predicted octanol–water partition coefficient (Wildman–Crippen LogP) is 2.14. The molecule has 1 saturated carbocycles. The standard InChI is InChI=1S/C28H38N8O6S/c1-35(2)26(37)18-41-22-16-31-28(32-17-22)30-14-19-4-6-21(7-5-19)42-27-23-12-20(34-43(3,38)39)15-29-24(23)13-25(33-27)36-8-10-40-11-9-36/h12-13,15-17,19,21,34H,4-11,14,18H2,1-3H3,(H,30,31,32). The Morgan fingerprint density at radius 1 is 1.07 bits per heavy atom. The first kappa shape index (κ1) is 30.5. The van der Waals surface area contributed by atoms with Crippen LogP contribution in [0.2, 0.25) is 0 Å². The molecule has 232 valence electrons. The van der Waals surface area contributed by atoms with Gasteiger partial charge in [0.25, 0.3) is 5.91 Å². The van der Waals surface area contributed by atoms with Crippen LogP contribution in [0.15, 0.2) is 30.7 Å². The summed E-state index contributed by atoms with van der Waals surface area (Å²) in [5, 5.41) is 3.95. The Kier molecular flexibility index (Phi) is 9.60. The molecular formula is C28H38N8O6S. The number of pyridine rings is 2. The minimum Gasteiger partial charge on any atom is -0.481 e. The maximum atomic E-state index is 11.8. The average Bonchev–Trinajstić information content (AvgIpc) is 2.99. The van der Waals surface area contributed by atoms with Gasteiger partial charge in [0.2, 0.25) is 21.9 Å². The molecule has 0 spiro atoms. The number of ether oxygens (including phenoxy) is 3. The zero-order chi connectivity index (χ0) is 30.4. The van der Waals surface area contributed by atoms with Gasteiger partial charge in [-0.15, -0.1) is 0 Å². The summed E-state index contributed by atoms with van der Waals surface area (Å²) in [7, 11) is -0.117. The molecule has 43 heavy (non-hydrogen) atoms. The lowest BCUT2D eigenvalue weighted by molar-refractivity contribution is -0.130. The van der Waals surface area contributed by atoms with E-state index >= 15 is 0 Å². The van der Waals surface area contributed by atoms with Crippen LogP contribution in [-0.2, 0) is 19.6 Å². The zero-order valence-electron chi connectivity index (χ0n) is 24.7. The van der Waals surface area contributed by atoms with Crippen LogP contribution in [0.3, 0.4) is 0 Å². The number of nitrogens with zero attached hydrogens (tertiary/aromatic N) is 6.